The van der Waals surface area contributed by atoms with Crippen molar-refractivity contribution in [2.75, 3.05) is 33.4 Å². The second-order valence-corrected chi connectivity index (χ2v) is 7.43. The van der Waals surface area contributed by atoms with Crippen LogP contribution in [0.15, 0.2) is 15.6 Å². The van der Waals surface area contributed by atoms with Crippen LogP contribution in [0.5, 0.6) is 0 Å². The van der Waals surface area contributed by atoms with E-state index in [4.69, 9.17) is 14.0 Å². The van der Waals surface area contributed by atoms with Crippen molar-refractivity contribution in [3.05, 3.63) is 17.5 Å². The van der Waals surface area contributed by atoms with Gasteiger partial charge in [-0.3, -0.25) is 4.99 Å². The van der Waals surface area contributed by atoms with Gasteiger partial charge in [0.2, 0.25) is 0 Å². The van der Waals surface area contributed by atoms with Crippen LogP contribution in [0.1, 0.15) is 56.9 Å². The van der Waals surface area contributed by atoms with E-state index in [1.54, 1.807) is 0 Å². The molecule has 7 heteroatoms. The summed E-state index contributed by atoms with van der Waals surface area (Å²) in [5.41, 5.74) is 0.987. The smallest absolute Gasteiger partial charge is 0.194 e. The lowest BCUT2D eigenvalue weighted by Gasteiger charge is -2.34. The summed E-state index contributed by atoms with van der Waals surface area (Å²) >= 11 is 0. The maximum absolute atomic E-state index is 6.05. The standard InChI is InChI=1S/C19H32N4O3/c1-14(2)18-11-17(26-22-18)12-21-19(20-3)23-8-6-15(7-9-23)25-13-16-5-4-10-24-16/h11,14-16H,4-10,12-13H2,1-3H3,(H,20,21). The lowest BCUT2D eigenvalue weighted by Crippen LogP contribution is -2.47. The number of guanidine groups is 1. The Hall–Kier alpha value is -1.60. The molecule has 0 bridgehead atoms. The fraction of sp³-hybridized carbons (Fsp3) is 0.789. The van der Waals surface area contributed by atoms with Crippen LogP contribution in [0.4, 0.5) is 0 Å². The highest BCUT2D eigenvalue weighted by Crippen LogP contribution is 2.18. The van der Waals surface area contributed by atoms with Crippen molar-refractivity contribution in [1.82, 2.24) is 15.4 Å². The van der Waals surface area contributed by atoms with Crippen molar-refractivity contribution in [3.63, 3.8) is 0 Å². The zero-order valence-electron chi connectivity index (χ0n) is 16.2. The SMILES string of the molecule is CN=C(NCc1cc(C(C)C)no1)N1CCC(OCC2CCCO2)CC1. The molecule has 0 spiro atoms. The molecule has 0 aliphatic carbocycles. The van der Waals surface area contributed by atoms with Crippen molar-refractivity contribution in [1.29, 1.82) is 0 Å². The maximum Gasteiger partial charge on any atom is 0.194 e. The first-order valence-corrected chi connectivity index (χ1v) is 9.80. The number of rotatable bonds is 6. The van der Waals surface area contributed by atoms with Gasteiger partial charge in [0.25, 0.3) is 0 Å². The Morgan fingerprint density at radius 2 is 2.19 bits per heavy atom. The number of piperidine rings is 1. The van der Waals surface area contributed by atoms with E-state index in [9.17, 15) is 0 Å². The highest BCUT2D eigenvalue weighted by molar-refractivity contribution is 5.79. The summed E-state index contributed by atoms with van der Waals surface area (Å²) < 4.78 is 17.1. The quantitative estimate of drug-likeness (QED) is 0.618. The van der Waals surface area contributed by atoms with Gasteiger partial charge >= 0.3 is 0 Å². The molecule has 26 heavy (non-hydrogen) atoms. The summed E-state index contributed by atoms with van der Waals surface area (Å²) in [7, 11) is 1.82. The van der Waals surface area contributed by atoms with Crippen LogP contribution >= 0.6 is 0 Å². The molecule has 0 radical (unpaired) electrons. The minimum atomic E-state index is 0.306. The number of hydrogen-bond donors (Lipinski definition) is 1. The molecule has 0 amide bonds. The molecule has 146 valence electrons. The van der Waals surface area contributed by atoms with Crippen LogP contribution in [0.2, 0.25) is 0 Å². The molecule has 2 saturated heterocycles. The van der Waals surface area contributed by atoms with E-state index in [-0.39, 0.29) is 0 Å². The molecular formula is C19H32N4O3. The maximum atomic E-state index is 6.05. The number of nitrogens with one attached hydrogen (secondary N) is 1. The highest BCUT2D eigenvalue weighted by Gasteiger charge is 2.24. The Morgan fingerprint density at radius 1 is 1.38 bits per heavy atom. The van der Waals surface area contributed by atoms with Gasteiger partial charge in [-0.15, -0.1) is 0 Å². The molecule has 3 heterocycles. The topological polar surface area (TPSA) is 72.1 Å². The third kappa shape index (κ3) is 5.20. The van der Waals surface area contributed by atoms with Crippen molar-refractivity contribution in [2.45, 2.75) is 64.2 Å². The summed E-state index contributed by atoms with van der Waals surface area (Å²) in [6.07, 6.45) is 4.98. The molecule has 1 unspecified atom stereocenters. The molecule has 2 aliphatic heterocycles. The number of hydrogen-bond acceptors (Lipinski definition) is 5. The van der Waals surface area contributed by atoms with E-state index in [0.717, 1.165) is 69.4 Å². The van der Waals surface area contributed by atoms with Crippen LogP contribution in [-0.2, 0) is 16.0 Å². The Morgan fingerprint density at radius 3 is 2.81 bits per heavy atom. The Kier molecular flexibility index (Phi) is 6.91. The van der Waals surface area contributed by atoms with Gasteiger partial charge in [0.05, 0.1) is 31.1 Å². The number of likely N-dealkylation sites (tertiary alicyclic amines) is 1. The Bertz CT molecular complexity index is 573. The predicted molar refractivity (Wildman–Crippen MR) is 100 cm³/mol. The van der Waals surface area contributed by atoms with E-state index in [1.807, 2.05) is 13.1 Å². The first-order chi connectivity index (χ1) is 12.7. The fourth-order valence-electron chi connectivity index (χ4n) is 3.44. The molecule has 3 rings (SSSR count). The summed E-state index contributed by atoms with van der Waals surface area (Å²) in [5.74, 6) is 2.12. The van der Waals surface area contributed by atoms with Crippen LogP contribution in [0.3, 0.4) is 0 Å². The third-order valence-electron chi connectivity index (χ3n) is 5.08. The second kappa shape index (κ2) is 9.37. The summed E-state index contributed by atoms with van der Waals surface area (Å²) in [6.45, 7) is 8.34. The lowest BCUT2D eigenvalue weighted by molar-refractivity contribution is -0.0367. The van der Waals surface area contributed by atoms with Gasteiger partial charge in [-0.1, -0.05) is 19.0 Å². The van der Waals surface area contributed by atoms with Crippen LogP contribution in [0, 0.1) is 0 Å². The number of aliphatic imine (C=N–C) groups is 1. The lowest BCUT2D eigenvalue weighted by atomic mass is 10.1. The van der Waals surface area contributed by atoms with Gasteiger partial charge in [-0.05, 0) is 31.6 Å². The summed E-state index contributed by atoms with van der Waals surface area (Å²) in [5, 5.41) is 7.48. The zero-order chi connectivity index (χ0) is 18.4. The monoisotopic (exact) mass is 364 g/mol. The first kappa shape index (κ1) is 19.2. The minimum Gasteiger partial charge on any atom is -0.376 e. The summed E-state index contributed by atoms with van der Waals surface area (Å²) in [4.78, 5) is 6.69. The number of ether oxygens (including phenoxy) is 2. The molecule has 0 saturated carbocycles. The first-order valence-electron chi connectivity index (χ1n) is 9.80. The zero-order valence-corrected chi connectivity index (χ0v) is 16.2. The van der Waals surface area contributed by atoms with E-state index in [1.165, 1.54) is 0 Å². The normalized spacial score (nSPS) is 22.4. The van der Waals surface area contributed by atoms with E-state index in [2.05, 4.69) is 34.2 Å². The number of aromatic nitrogens is 1. The molecule has 1 aromatic rings. The Labute approximate surface area is 156 Å². The molecule has 1 aromatic heterocycles. The molecule has 0 aromatic carbocycles. The van der Waals surface area contributed by atoms with Crippen molar-refractivity contribution >= 4 is 5.96 Å². The third-order valence-corrected chi connectivity index (χ3v) is 5.08. The largest absolute Gasteiger partial charge is 0.376 e. The van der Waals surface area contributed by atoms with Crippen molar-refractivity contribution in [2.24, 2.45) is 4.99 Å². The predicted octanol–water partition coefficient (Wildman–Crippen LogP) is 2.53. The molecule has 2 aliphatic rings. The van der Waals surface area contributed by atoms with Gasteiger partial charge < -0.3 is 24.2 Å². The number of nitrogens with zero attached hydrogens (tertiary/aromatic N) is 3. The molecule has 7 nitrogen and oxygen atoms in total. The van der Waals surface area contributed by atoms with Gasteiger partial charge in [-0.2, -0.15) is 0 Å². The van der Waals surface area contributed by atoms with Gasteiger partial charge in [0.15, 0.2) is 11.7 Å². The fourth-order valence-corrected chi connectivity index (χ4v) is 3.44. The van der Waals surface area contributed by atoms with Gasteiger partial charge in [-0.25, -0.2) is 0 Å². The van der Waals surface area contributed by atoms with E-state index < -0.39 is 0 Å². The van der Waals surface area contributed by atoms with Gasteiger partial charge in [0, 0.05) is 32.8 Å². The molecular weight excluding hydrogens is 332 g/mol. The molecule has 1 atom stereocenters. The minimum absolute atomic E-state index is 0.306. The van der Waals surface area contributed by atoms with Gasteiger partial charge in [0.1, 0.15) is 0 Å². The van der Waals surface area contributed by atoms with E-state index >= 15 is 0 Å². The molecule has 1 N–H and O–H groups in total. The Balaban J connectivity index is 1.40. The van der Waals surface area contributed by atoms with Crippen LogP contribution in [0.25, 0.3) is 0 Å². The molecule has 2 fully saturated rings. The van der Waals surface area contributed by atoms with Crippen LogP contribution < -0.4 is 5.32 Å². The average molecular weight is 364 g/mol. The average Bonchev–Trinajstić information content (AvgIpc) is 3.33. The summed E-state index contributed by atoms with van der Waals surface area (Å²) in [6, 6.07) is 2.01. The van der Waals surface area contributed by atoms with Crippen LogP contribution in [-0.4, -0.2) is 61.6 Å². The van der Waals surface area contributed by atoms with Crippen molar-refractivity contribution < 1.29 is 14.0 Å². The highest BCUT2D eigenvalue weighted by atomic mass is 16.5. The second-order valence-electron chi connectivity index (χ2n) is 7.43. The van der Waals surface area contributed by atoms with Crippen molar-refractivity contribution in [3.8, 4) is 0 Å². The van der Waals surface area contributed by atoms with E-state index in [0.29, 0.717) is 24.7 Å².